The first kappa shape index (κ1) is 10.0. The van der Waals surface area contributed by atoms with Gasteiger partial charge in [-0.25, -0.2) is 0 Å². The van der Waals surface area contributed by atoms with E-state index in [-0.39, 0.29) is 5.54 Å². The molecule has 0 amide bonds. The normalized spacial score (nSPS) is 36.9. The second kappa shape index (κ2) is 3.27. The van der Waals surface area contributed by atoms with Crippen LogP contribution in [0, 0.1) is 5.92 Å². The highest BCUT2D eigenvalue weighted by Gasteiger charge is 2.53. The molecule has 2 rings (SSSR count). The maximum absolute atomic E-state index is 9.78. The fourth-order valence-corrected chi connectivity index (χ4v) is 3.20. The minimum Gasteiger partial charge on any atom is -0.511 e. The van der Waals surface area contributed by atoms with Crippen molar-refractivity contribution in [3.05, 3.63) is 12.3 Å². The fraction of sp³-hybridized carbons (Fsp3) is 0.833. The molecule has 0 radical (unpaired) electrons. The number of fused-ring (bicyclic) bond motifs is 2. The molecular weight excluding hydrogens is 174 g/mol. The van der Waals surface area contributed by atoms with Crippen molar-refractivity contribution in [3.8, 4) is 0 Å². The summed E-state index contributed by atoms with van der Waals surface area (Å²) in [5, 5.41) is 9.78. The third-order valence-electron chi connectivity index (χ3n) is 3.87. The molecule has 0 saturated carbocycles. The third kappa shape index (κ3) is 1.28. The van der Waals surface area contributed by atoms with Crippen molar-refractivity contribution < 1.29 is 5.11 Å². The Morgan fingerprint density at radius 3 is 2.50 bits per heavy atom. The van der Waals surface area contributed by atoms with E-state index in [1.807, 2.05) is 0 Å². The second-order valence-electron chi connectivity index (χ2n) is 5.26. The maximum atomic E-state index is 9.78. The van der Waals surface area contributed by atoms with Crippen LogP contribution in [0.25, 0.3) is 0 Å². The van der Waals surface area contributed by atoms with Crippen molar-refractivity contribution in [1.29, 1.82) is 0 Å². The summed E-state index contributed by atoms with van der Waals surface area (Å²) in [7, 11) is 0. The minimum atomic E-state index is -0.0467. The molecule has 1 N–H and O–H groups in total. The maximum Gasteiger partial charge on any atom is 0.105 e. The zero-order chi connectivity index (χ0) is 10.3. The highest BCUT2D eigenvalue weighted by molar-refractivity contribution is 5.19. The Labute approximate surface area is 86.6 Å². The zero-order valence-corrected chi connectivity index (χ0v) is 9.29. The first-order valence-electron chi connectivity index (χ1n) is 5.71. The van der Waals surface area contributed by atoms with E-state index in [9.17, 15) is 5.11 Å². The number of hydrogen-bond donors (Lipinski definition) is 1. The predicted octanol–water partition coefficient (Wildman–Crippen LogP) is 2.71. The van der Waals surface area contributed by atoms with Gasteiger partial charge in [0.1, 0.15) is 5.76 Å². The van der Waals surface area contributed by atoms with Crippen LogP contribution >= 0.6 is 0 Å². The molecule has 0 unspecified atom stereocenters. The molecule has 2 bridgehead atoms. The van der Waals surface area contributed by atoms with Gasteiger partial charge in [-0.15, -0.1) is 0 Å². The van der Waals surface area contributed by atoms with Gasteiger partial charge in [0.25, 0.3) is 0 Å². The first-order chi connectivity index (χ1) is 6.56. The molecule has 80 valence electrons. The van der Waals surface area contributed by atoms with Gasteiger partial charge in [-0.3, -0.25) is 4.90 Å². The van der Waals surface area contributed by atoms with Gasteiger partial charge < -0.3 is 5.11 Å². The van der Waals surface area contributed by atoms with Crippen LogP contribution in [-0.2, 0) is 0 Å². The van der Waals surface area contributed by atoms with E-state index < -0.39 is 0 Å². The van der Waals surface area contributed by atoms with Crippen LogP contribution in [-0.4, -0.2) is 28.1 Å². The zero-order valence-electron chi connectivity index (χ0n) is 9.29. The number of rotatable bonds is 3. The highest BCUT2D eigenvalue weighted by atomic mass is 16.3. The smallest absolute Gasteiger partial charge is 0.105 e. The molecule has 2 aliphatic rings. The summed E-state index contributed by atoms with van der Waals surface area (Å²) in [5.74, 6) is 1.07. The largest absolute Gasteiger partial charge is 0.511 e. The van der Waals surface area contributed by atoms with E-state index in [0.29, 0.717) is 17.7 Å². The summed E-state index contributed by atoms with van der Waals surface area (Å²) < 4.78 is 0. The molecule has 2 nitrogen and oxygen atoms in total. The van der Waals surface area contributed by atoms with Gasteiger partial charge >= 0.3 is 0 Å². The molecule has 2 saturated heterocycles. The van der Waals surface area contributed by atoms with Crippen molar-refractivity contribution in [1.82, 2.24) is 4.90 Å². The van der Waals surface area contributed by atoms with E-state index in [0.717, 1.165) is 19.4 Å². The molecule has 14 heavy (non-hydrogen) atoms. The van der Waals surface area contributed by atoms with Crippen LogP contribution in [0.4, 0.5) is 0 Å². The summed E-state index contributed by atoms with van der Waals surface area (Å²) in [6.45, 7) is 9.36. The Morgan fingerprint density at radius 1 is 1.50 bits per heavy atom. The van der Waals surface area contributed by atoms with E-state index in [4.69, 9.17) is 0 Å². The standard InChI is InChI=1S/C12H21NO/c1-9(2)8-13-11-4-6-12(13,7-5-11)10(3)14/h9,11,14H,3-8H2,1-2H3. The van der Waals surface area contributed by atoms with E-state index in [1.165, 1.54) is 12.8 Å². The summed E-state index contributed by atoms with van der Waals surface area (Å²) in [6, 6.07) is 0.710. The molecule has 0 aromatic heterocycles. The van der Waals surface area contributed by atoms with Crippen molar-refractivity contribution in [2.45, 2.75) is 51.1 Å². The van der Waals surface area contributed by atoms with Crippen LogP contribution < -0.4 is 0 Å². The number of aliphatic hydroxyl groups excluding tert-OH is 1. The molecular formula is C12H21NO. The fourth-order valence-electron chi connectivity index (χ4n) is 3.20. The van der Waals surface area contributed by atoms with Gasteiger partial charge in [0.05, 0.1) is 5.54 Å². The Balaban J connectivity index is 2.19. The highest BCUT2D eigenvalue weighted by Crippen LogP contribution is 2.49. The van der Waals surface area contributed by atoms with Crippen LogP contribution in [0.1, 0.15) is 39.5 Å². The van der Waals surface area contributed by atoms with Crippen molar-refractivity contribution in [3.63, 3.8) is 0 Å². The Hall–Kier alpha value is -0.500. The lowest BCUT2D eigenvalue weighted by molar-refractivity contribution is 0.122. The van der Waals surface area contributed by atoms with Gasteiger partial charge in [-0.05, 0) is 31.6 Å². The molecule has 0 aromatic rings. The summed E-state index contributed by atoms with van der Waals surface area (Å²) in [6.07, 6.45) is 4.71. The quantitative estimate of drug-likeness (QED) is 0.700. The Kier molecular flexibility index (Phi) is 2.34. The van der Waals surface area contributed by atoms with E-state index in [1.54, 1.807) is 0 Å². The van der Waals surface area contributed by atoms with Crippen molar-refractivity contribution >= 4 is 0 Å². The van der Waals surface area contributed by atoms with Gasteiger partial charge in [0.15, 0.2) is 0 Å². The molecule has 2 aliphatic heterocycles. The Bertz CT molecular complexity index is 239. The van der Waals surface area contributed by atoms with Crippen molar-refractivity contribution in [2.24, 2.45) is 5.92 Å². The average molecular weight is 195 g/mol. The molecule has 2 heterocycles. The number of nitrogens with zero attached hydrogens (tertiary/aromatic N) is 1. The summed E-state index contributed by atoms with van der Waals surface area (Å²) in [5.41, 5.74) is -0.0467. The van der Waals surface area contributed by atoms with Gasteiger partial charge in [-0.1, -0.05) is 20.4 Å². The van der Waals surface area contributed by atoms with Gasteiger partial charge in [-0.2, -0.15) is 0 Å². The molecule has 0 atom stereocenters. The summed E-state index contributed by atoms with van der Waals surface area (Å²) in [4.78, 5) is 2.50. The van der Waals surface area contributed by atoms with Gasteiger partial charge in [0, 0.05) is 12.6 Å². The van der Waals surface area contributed by atoms with Crippen LogP contribution in [0.15, 0.2) is 12.3 Å². The van der Waals surface area contributed by atoms with Crippen LogP contribution in [0.5, 0.6) is 0 Å². The second-order valence-corrected chi connectivity index (χ2v) is 5.26. The molecule has 0 aromatic carbocycles. The van der Waals surface area contributed by atoms with E-state index >= 15 is 0 Å². The van der Waals surface area contributed by atoms with Crippen molar-refractivity contribution in [2.75, 3.05) is 6.54 Å². The van der Waals surface area contributed by atoms with Gasteiger partial charge in [0.2, 0.25) is 0 Å². The lowest BCUT2D eigenvalue weighted by atomic mass is 9.86. The summed E-state index contributed by atoms with van der Waals surface area (Å²) >= 11 is 0. The molecule has 0 aliphatic carbocycles. The average Bonchev–Trinajstić information content (AvgIpc) is 2.61. The van der Waals surface area contributed by atoms with E-state index in [2.05, 4.69) is 25.3 Å². The van der Waals surface area contributed by atoms with Crippen LogP contribution in [0.3, 0.4) is 0 Å². The number of aliphatic hydroxyl groups is 1. The predicted molar refractivity (Wildman–Crippen MR) is 58.3 cm³/mol. The SMILES string of the molecule is C=C(O)C12CCC(CC1)N2CC(C)C. The van der Waals surface area contributed by atoms with Crippen LogP contribution in [0.2, 0.25) is 0 Å². The first-order valence-corrected chi connectivity index (χ1v) is 5.71. The lowest BCUT2D eigenvalue weighted by Gasteiger charge is -2.35. The monoisotopic (exact) mass is 195 g/mol. The topological polar surface area (TPSA) is 23.5 Å². The Morgan fingerprint density at radius 2 is 2.07 bits per heavy atom. The molecule has 0 spiro atoms. The molecule has 2 heteroatoms. The minimum absolute atomic E-state index is 0.0467. The lowest BCUT2D eigenvalue weighted by Crippen LogP contribution is -2.44. The third-order valence-corrected chi connectivity index (χ3v) is 3.87. The molecule has 2 fully saturated rings. The number of hydrogen-bond acceptors (Lipinski definition) is 2.